The Morgan fingerprint density at radius 2 is 2.29 bits per heavy atom. The molecule has 1 rings (SSSR count). The Morgan fingerprint density at radius 1 is 1.65 bits per heavy atom. The first-order valence-electron chi connectivity index (χ1n) is 6.09. The summed E-state index contributed by atoms with van der Waals surface area (Å²) in [6.45, 7) is 4.59. The molecule has 4 nitrogen and oxygen atoms in total. The van der Waals surface area contributed by atoms with Gasteiger partial charge in [-0.3, -0.25) is 10.1 Å². The third kappa shape index (κ3) is 5.27. The van der Waals surface area contributed by atoms with E-state index in [1.807, 2.05) is 0 Å². The highest BCUT2D eigenvalue weighted by molar-refractivity contribution is 7.99. The van der Waals surface area contributed by atoms with Gasteiger partial charge in [0.15, 0.2) is 0 Å². The zero-order valence-corrected chi connectivity index (χ0v) is 11.7. The number of carboxylic acid groups (broad SMARTS) is 1. The lowest BCUT2D eigenvalue weighted by atomic mass is 9.96. The predicted molar refractivity (Wildman–Crippen MR) is 70.6 cm³/mol. The third-order valence-corrected chi connectivity index (χ3v) is 4.10. The van der Waals surface area contributed by atoms with Crippen molar-refractivity contribution in [3.05, 3.63) is 0 Å². The number of hydrogen-bond acceptors (Lipinski definition) is 4. The highest BCUT2D eigenvalue weighted by Gasteiger charge is 2.39. The van der Waals surface area contributed by atoms with E-state index >= 15 is 0 Å². The van der Waals surface area contributed by atoms with Gasteiger partial charge in [-0.1, -0.05) is 6.92 Å². The molecule has 2 atom stereocenters. The van der Waals surface area contributed by atoms with Crippen LogP contribution in [0, 0.1) is 0 Å². The summed E-state index contributed by atoms with van der Waals surface area (Å²) in [7, 11) is 1.68. The van der Waals surface area contributed by atoms with Crippen molar-refractivity contribution in [2.75, 3.05) is 19.5 Å². The van der Waals surface area contributed by atoms with Gasteiger partial charge in [0.2, 0.25) is 0 Å². The molecule has 0 aromatic carbocycles. The highest BCUT2D eigenvalue weighted by Crippen LogP contribution is 2.27. The Labute approximate surface area is 107 Å². The maximum Gasteiger partial charge on any atom is 0.323 e. The Bertz CT molecular complexity index is 258. The summed E-state index contributed by atoms with van der Waals surface area (Å²) in [5, 5.41) is 12.9. The van der Waals surface area contributed by atoms with Crippen molar-refractivity contribution in [1.82, 2.24) is 5.32 Å². The van der Waals surface area contributed by atoms with Crippen molar-refractivity contribution < 1.29 is 14.6 Å². The van der Waals surface area contributed by atoms with Crippen molar-refractivity contribution in [2.45, 2.75) is 49.9 Å². The first-order chi connectivity index (χ1) is 7.98. The number of hydrogen-bond donors (Lipinski definition) is 2. The van der Waals surface area contributed by atoms with Gasteiger partial charge < -0.3 is 9.84 Å². The van der Waals surface area contributed by atoms with Crippen molar-refractivity contribution in [3.63, 3.8) is 0 Å². The van der Waals surface area contributed by atoms with Crippen LogP contribution in [0.2, 0.25) is 0 Å². The second-order valence-corrected chi connectivity index (χ2v) is 6.48. The second kappa shape index (κ2) is 6.61. The fraction of sp³-hybridized carbons (Fsp3) is 0.917. The van der Waals surface area contributed by atoms with Crippen LogP contribution < -0.4 is 5.32 Å². The minimum absolute atomic E-state index is 0.317. The maximum atomic E-state index is 11.4. The number of thioether (sulfide) groups is 1. The highest BCUT2D eigenvalue weighted by atomic mass is 32.2. The van der Waals surface area contributed by atoms with Crippen LogP contribution in [0.15, 0.2) is 0 Å². The molecule has 0 aromatic heterocycles. The van der Waals surface area contributed by atoms with Gasteiger partial charge in [0, 0.05) is 24.2 Å². The number of carboxylic acids is 1. The van der Waals surface area contributed by atoms with Crippen LogP contribution in [0.5, 0.6) is 0 Å². The molecule has 0 spiro atoms. The van der Waals surface area contributed by atoms with Crippen LogP contribution in [-0.2, 0) is 9.53 Å². The topological polar surface area (TPSA) is 58.6 Å². The molecule has 17 heavy (non-hydrogen) atoms. The van der Waals surface area contributed by atoms with Gasteiger partial charge in [0.05, 0.1) is 6.61 Å². The minimum Gasteiger partial charge on any atom is -0.480 e. The molecule has 0 aliphatic heterocycles. The summed E-state index contributed by atoms with van der Waals surface area (Å²) in [4.78, 5) is 11.4. The molecule has 1 fully saturated rings. The predicted octanol–water partition coefficient (Wildman–Crippen LogP) is 1.74. The summed E-state index contributed by atoms with van der Waals surface area (Å²) in [5.74, 6) is 0.167. The molecule has 2 N–H and O–H groups in total. The molecule has 0 heterocycles. The zero-order chi connectivity index (χ0) is 12.9. The van der Waals surface area contributed by atoms with Crippen LogP contribution in [0.1, 0.15) is 33.1 Å². The quantitative estimate of drug-likeness (QED) is 0.619. The van der Waals surface area contributed by atoms with E-state index in [1.54, 1.807) is 25.8 Å². The van der Waals surface area contributed by atoms with E-state index in [2.05, 4.69) is 12.2 Å². The van der Waals surface area contributed by atoms with Gasteiger partial charge in [-0.2, -0.15) is 11.8 Å². The van der Waals surface area contributed by atoms with Crippen molar-refractivity contribution in [1.29, 1.82) is 0 Å². The van der Waals surface area contributed by atoms with Gasteiger partial charge in [-0.25, -0.2) is 0 Å². The Kier molecular flexibility index (Phi) is 5.76. The molecule has 0 saturated heterocycles. The van der Waals surface area contributed by atoms with Gasteiger partial charge in [0.25, 0.3) is 0 Å². The number of methoxy groups -OCH3 is 1. The molecular weight excluding hydrogens is 238 g/mol. The summed E-state index contributed by atoms with van der Waals surface area (Å²) in [5.41, 5.74) is -0.791. The minimum atomic E-state index is -0.791. The molecule has 0 aromatic rings. The van der Waals surface area contributed by atoms with Gasteiger partial charge in [-0.05, 0) is 26.2 Å². The monoisotopic (exact) mass is 261 g/mol. The largest absolute Gasteiger partial charge is 0.480 e. The Hall–Kier alpha value is -0.260. The van der Waals surface area contributed by atoms with E-state index in [4.69, 9.17) is 4.74 Å². The molecule has 5 heteroatoms. The average Bonchev–Trinajstić information content (AvgIpc) is 3.01. The molecule has 1 aliphatic rings. The maximum absolute atomic E-state index is 11.4. The van der Waals surface area contributed by atoms with Gasteiger partial charge in [0.1, 0.15) is 5.54 Å². The fourth-order valence-corrected chi connectivity index (χ4v) is 2.97. The third-order valence-electron chi connectivity index (χ3n) is 2.96. The van der Waals surface area contributed by atoms with Crippen LogP contribution in [0.4, 0.5) is 0 Å². The smallest absolute Gasteiger partial charge is 0.323 e. The number of nitrogens with one attached hydrogen (secondary N) is 1. The molecule has 0 bridgehead atoms. The summed E-state index contributed by atoms with van der Waals surface area (Å²) < 4.78 is 4.99. The first-order valence-corrected chi connectivity index (χ1v) is 7.14. The normalized spacial score (nSPS) is 20.9. The van der Waals surface area contributed by atoms with Crippen LogP contribution in [0.3, 0.4) is 0 Å². The van der Waals surface area contributed by atoms with Crippen molar-refractivity contribution in [3.8, 4) is 0 Å². The van der Waals surface area contributed by atoms with Crippen LogP contribution in [0.25, 0.3) is 0 Å². The Morgan fingerprint density at radius 3 is 2.76 bits per heavy atom. The number of aliphatic carboxylic acids is 1. The Balaban J connectivity index is 2.38. The van der Waals surface area contributed by atoms with E-state index in [9.17, 15) is 9.90 Å². The molecule has 100 valence electrons. The first kappa shape index (κ1) is 14.8. The van der Waals surface area contributed by atoms with Crippen LogP contribution >= 0.6 is 11.8 Å². The van der Waals surface area contributed by atoms with E-state index in [1.165, 1.54) is 0 Å². The summed E-state index contributed by atoms with van der Waals surface area (Å²) >= 11 is 1.76. The van der Waals surface area contributed by atoms with Crippen molar-refractivity contribution in [2.24, 2.45) is 0 Å². The zero-order valence-electron chi connectivity index (χ0n) is 10.9. The lowest BCUT2D eigenvalue weighted by Gasteiger charge is -2.29. The number of carbonyl (C=O) groups is 1. The van der Waals surface area contributed by atoms with Crippen molar-refractivity contribution >= 4 is 17.7 Å². The van der Waals surface area contributed by atoms with Gasteiger partial charge >= 0.3 is 5.97 Å². The second-order valence-electron chi connectivity index (χ2n) is 4.93. The molecule has 0 amide bonds. The molecule has 0 radical (unpaired) electrons. The number of ether oxygens (including phenoxy) is 1. The fourth-order valence-electron chi connectivity index (χ4n) is 1.85. The standard InChI is InChI=1S/C12H23NO3S/c1-9(17-7-6-16-3)8-12(2,11(14)15)13-10-4-5-10/h9-10,13H,4-8H2,1-3H3,(H,14,15). The molecule has 1 aliphatic carbocycles. The molecule has 2 unspecified atom stereocenters. The van der Waals surface area contributed by atoms with E-state index in [0.29, 0.717) is 17.7 Å². The number of rotatable bonds is 9. The van der Waals surface area contributed by atoms with Gasteiger partial charge in [-0.15, -0.1) is 0 Å². The average molecular weight is 261 g/mol. The van der Waals surface area contributed by atoms with E-state index in [0.717, 1.165) is 25.2 Å². The summed E-state index contributed by atoms with van der Waals surface area (Å²) in [6, 6.07) is 0.410. The lowest BCUT2D eigenvalue weighted by Crippen LogP contribution is -2.52. The summed E-state index contributed by atoms with van der Waals surface area (Å²) in [6.07, 6.45) is 2.86. The SMILES string of the molecule is COCCSC(C)CC(C)(NC1CC1)C(=O)O. The molecule has 1 saturated carbocycles. The van der Waals surface area contributed by atoms with E-state index < -0.39 is 11.5 Å². The lowest BCUT2D eigenvalue weighted by molar-refractivity contribution is -0.144. The van der Waals surface area contributed by atoms with E-state index in [-0.39, 0.29) is 0 Å². The molecular formula is C12H23NO3S. The van der Waals surface area contributed by atoms with Crippen LogP contribution in [-0.4, -0.2) is 47.4 Å².